The van der Waals surface area contributed by atoms with E-state index in [1.54, 1.807) is 36.3 Å². The van der Waals surface area contributed by atoms with E-state index in [1.165, 1.54) is 6.08 Å². The highest BCUT2D eigenvalue weighted by atomic mass is 127. The van der Waals surface area contributed by atoms with Gasteiger partial charge in [-0.2, -0.15) is 5.10 Å². The number of allylic oxidation sites excluding steroid dienone is 4. The summed E-state index contributed by atoms with van der Waals surface area (Å²) in [5, 5.41) is 12.4. The molecule has 0 aliphatic heterocycles. The minimum atomic E-state index is -1.13. The van der Waals surface area contributed by atoms with Crippen molar-refractivity contribution in [2.24, 2.45) is 4.99 Å². The van der Waals surface area contributed by atoms with Crippen molar-refractivity contribution in [3.63, 3.8) is 0 Å². The van der Waals surface area contributed by atoms with Gasteiger partial charge in [0, 0.05) is 28.0 Å². The second-order valence-corrected chi connectivity index (χ2v) is 7.96. The quantitative estimate of drug-likeness (QED) is 0.199. The van der Waals surface area contributed by atoms with E-state index >= 15 is 0 Å². The second kappa shape index (κ2) is 11.3. The Morgan fingerprint density at radius 1 is 1.48 bits per heavy atom. The smallest absolute Gasteiger partial charge is 0.141 e. The summed E-state index contributed by atoms with van der Waals surface area (Å²) < 4.78 is 28.9. The monoisotopic (exact) mass is 572 g/mol. The molecule has 2 aromatic rings. The first-order valence-corrected chi connectivity index (χ1v) is 10.6. The van der Waals surface area contributed by atoms with Gasteiger partial charge in [0.15, 0.2) is 0 Å². The van der Waals surface area contributed by atoms with Gasteiger partial charge in [-0.15, -0.1) is 0 Å². The minimum Gasteiger partial charge on any atom is -0.294 e. The van der Waals surface area contributed by atoms with Crippen molar-refractivity contribution in [3.8, 4) is 0 Å². The highest BCUT2D eigenvalue weighted by molar-refractivity contribution is 14.1. The first-order chi connectivity index (χ1) is 13.9. The molecule has 1 heterocycles. The molecule has 1 atom stereocenters. The third kappa shape index (κ3) is 6.27. The van der Waals surface area contributed by atoms with E-state index in [1.807, 2.05) is 46.9 Å². The molecular formula is C21H20BrF2IN4. The van der Waals surface area contributed by atoms with Gasteiger partial charge in [-0.25, -0.2) is 8.78 Å². The Balaban J connectivity index is 2.55. The zero-order chi connectivity index (χ0) is 21.4. The number of rotatable bonds is 9. The van der Waals surface area contributed by atoms with Crippen LogP contribution in [0.2, 0.25) is 0 Å². The molecule has 1 aromatic carbocycles. The first-order valence-electron chi connectivity index (χ1n) is 8.71. The van der Waals surface area contributed by atoms with Crippen molar-refractivity contribution in [1.82, 2.24) is 9.78 Å². The van der Waals surface area contributed by atoms with Crippen LogP contribution in [0.5, 0.6) is 0 Å². The van der Waals surface area contributed by atoms with Crippen molar-refractivity contribution < 1.29 is 8.78 Å². The standard InChI is InChI=1S/C21H20BrF2IN4/c1-3-18(21(25)26)20(27-4-2)15-12-28-29(13-15)19(9-8-17(24)11-23)14-6-5-7-16(22)10-14/h3-8,10,12-13,19,26H,1,9,11H2,2H3/b17-8+,20-18-,26-21?,27-4-. The molecule has 0 spiro atoms. The van der Waals surface area contributed by atoms with E-state index in [-0.39, 0.29) is 12.5 Å². The van der Waals surface area contributed by atoms with E-state index < -0.39 is 12.5 Å². The first kappa shape index (κ1) is 23.3. The predicted octanol–water partition coefficient (Wildman–Crippen LogP) is 6.85. The fourth-order valence-corrected chi connectivity index (χ4v) is 3.65. The van der Waals surface area contributed by atoms with Gasteiger partial charge < -0.3 is 0 Å². The number of halogens is 4. The van der Waals surface area contributed by atoms with E-state index in [0.29, 0.717) is 20.6 Å². The van der Waals surface area contributed by atoms with Crippen molar-refractivity contribution in [2.45, 2.75) is 19.4 Å². The molecule has 0 aliphatic rings. The van der Waals surface area contributed by atoms with Crippen LogP contribution < -0.4 is 0 Å². The molecule has 2 rings (SSSR count). The van der Waals surface area contributed by atoms with Crippen LogP contribution >= 0.6 is 38.5 Å². The summed E-state index contributed by atoms with van der Waals surface area (Å²) in [6, 6.07) is 7.27. The van der Waals surface area contributed by atoms with Crippen LogP contribution in [0.1, 0.15) is 30.5 Å². The van der Waals surface area contributed by atoms with Crippen LogP contribution in [0.4, 0.5) is 8.78 Å². The second-order valence-electron chi connectivity index (χ2n) is 5.97. The van der Waals surface area contributed by atoms with Gasteiger partial charge in [-0.3, -0.25) is 15.1 Å². The van der Waals surface area contributed by atoms with Crippen LogP contribution in [0.25, 0.3) is 5.70 Å². The zero-order valence-corrected chi connectivity index (χ0v) is 19.5. The Bertz CT molecular complexity index is 979. The van der Waals surface area contributed by atoms with E-state index in [4.69, 9.17) is 5.41 Å². The lowest BCUT2D eigenvalue weighted by molar-refractivity contribution is 0.450. The predicted molar refractivity (Wildman–Crippen MR) is 127 cm³/mol. The number of alkyl halides is 1. The molecule has 29 heavy (non-hydrogen) atoms. The average molecular weight is 573 g/mol. The number of aromatic nitrogens is 2. The van der Waals surface area contributed by atoms with Crippen LogP contribution in [-0.2, 0) is 0 Å². The van der Waals surface area contributed by atoms with Crippen LogP contribution in [0, 0.1) is 5.41 Å². The summed E-state index contributed by atoms with van der Waals surface area (Å²) in [5.41, 5.74) is 2.76. The zero-order valence-electron chi connectivity index (χ0n) is 15.7. The topological polar surface area (TPSA) is 54.0 Å². The summed E-state index contributed by atoms with van der Waals surface area (Å²) in [6.07, 6.45) is 8.13. The largest absolute Gasteiger partial charge is 0.294 e. The third-order valence-corrected chi connectivity index (χ3v) is 5.15. The van der Waals surface area contributed by atoms with Gasteiger partial charge in [-0.05, 0) is 59.7 Å². The lowest BCUT2D eigenvalue weighted by Crippen LogP contribution is -2.11. The number of nitrogens with one attached hydrogen (secondary N) is 1. The van der Waals surface area contributed by atoms with Crippen molar-refractivity contribution in [1.29, 1.82) is 5.41 Å². The molecule has 0 aliphatic carbocycles. The maximum absolute atomic E-state index is 13.5. The number of benzene rings is 1. The maximum atomic E-state index is 13.5. The van der Waals surface area contributed by atoms with Crippen molar-refractivity contribution in [2.75, 3.05) is 6.67 Å². The molecule has 0 fully saturated rings. The average Bonchev–Trinajstić information content (AvgIpc) is 3.17. The van der Waals surface area contributed by atoms with E-state index in [0.717, 1.165) is 10.0 Å². The fourth-order valence-electron chi connectivity index (χ4n) is 2.75. The van der Waals surface area contributed by atoms with Gasteiger partial charge in [0.25, 0.3) is 0 Å². The molecule has 8 heteroatoms. The normalized spacial score (nSPS) is 14.0. The number of hydrogen-bond donors (Lipinski definition) is 1. The van der Waals surface area contributed by atoms with Crippen molar-refractivity contribution >= 4 is 54.2 Å². The van der Waals surface area contributed by atoms with E-state index in [2.05, 4.69) is 32.6 Å². The lowest BCUT2D eigenvalue weighted by Gasteiger charge is -2.17. The van der Waals surface area contributed by atoms with Gasteiger partial charge in [0.2, 0.25) is 0 Å². The Labute approximate surface area is 190 Å². The van der Waals surface area contributed by atoms with Crippen LogP contribution in [0.3, 0.4) is 0 Å². The SMILES string of the molecule is C=C/C(C(=N)I)=C(/N=C\C)c1cnn(C(C/C=C(/F)CF)c2cccc(Br)c2)c1. The number of hydrogen-bond acceptors (Lipinski definition) is 3. The van der Waals surface area contributed by atoms with Gasteiger partial charge >= 0.3 is 0 Å². The highest BCUT2D eigenvalue weighted by Crippen LogP contribution is 2.29. The molecule has 152 valence electrons. The summed E-state index contributed by atoms with van der Waals surface area (Å²) >= 11 is 5.36. The summed E-state index contributed by atoms with van der Waals surface area (Å²) in [5.74, 6) is -0.805. The fraction of sp³-hybridized carbons (Fsp3) is 0.190. The Kier molecular flexibility index (Phi) is 9.09. The minimum absolute atomic E-state index is 0.236. The molecule has 0 radical (unpaired) electrons. The number of aliphatic imine (C=N–C) groups is 1. The molecular weight excluding hydrogens is 553 g/mol. The molecule has 1 N–H and O–H groups in total. The molecule has 0 saturated heterocycles. The van der Waals surface area contributed by atoms with Crippen LogP contribution in [0.15, 0.2) is 76.3 Å². The Morgan fingerprint density at radius 3 is 2.83 bits per heavy atom. The maximum Gasteiger partial charge on any atom is 0.141 e. The van der Waals surface area contributed by atoms with Gasteiger partial charge in [0.1, 0.15) is 16.2 Å². The summed E-state index contributed by atoms with van der Waals surface area (Å²) in [7, 11) is 0. The molecule has 0 amide bonds. The molecule has 1 unspecified atom stereocenters. The number of nitrogens with zero attached hydrogens (tertiary/aromatic N) is 3. The lowest BCUT2D eigenvalue weighted by atomic mass is 10.0. The summed E-state index contributed by atoms with van der Waals surface area (Å²) in [6.45, 7) is 4.43. The van der Waals surface area contributed by atoms with E-state index in [9.17, 15) is 8.78 Å². The summed E-state index contributed by atoms with van der Waals surface area (Å²) in [4.78, 5) is 4.39. The Morgan fingerprint density at radius 2 is 2.24 bits per heavy atom. The third-order valence-electron chi connectivity index (χ3n) is 4.07. The highest BCUT2D eigenvalue weighted by Gasteiger charge is 2.17. The molecule has 1 aromatic heterocycles. The molecule has 0 bridgehead atoms. The van der Waals surface area contributed by atoms with Crippen molar-refractivity contribution in [3.05, 3.63) is 82.4 Å². The van der Waals surface area contributed by atoms with Crippen LogP contribution in [-0.4, -0.2) is 26.4 Å². The molecule has 4 nitrogen and oxygen atoms in total. The Hall–Kier alpha value is -1.94. The van der Waals surface area contributed by atoms with Gasteiger partial charge in [0.05, 0.1) is 17.9 Å². The molecule has 0 saturated carbocycles. The van der Waals surface area contributed by atoms with Gasteiger partial charge in [-0.1, -0.05) is 40.7 Å².